The molecule has 0 aromatic heterocycles. The predicted octanol–water partition coefficient (Wildman–Crippen LogP) is 21.7. The van der Waals surface area contributed by atoms with Crippen molar-refractivity contribution < 1.29 is 28.6 Å². The Balaban J connectivity index is 4.34. The van der Waals surface area contributed by atoms with E-state index in [1.807, 2.05) is 6.08 Å². The fraction of sp³-hybridized carbons (Fsp3) is 0.779. The summed E-state index contributed by atoms with van der Waals surface area (Å²) in [4.78, 5) is 38.2. The van der Waals surface area contributed by atoms with Crippen LogP contribution in [0.4, 0.5) is 0 Å². The zero-order valence-corrected chi connectivity index (χ0v) is 49.1. The minimum absolute atomic E-state index is 0.102. The zero-order valence-electron chi connectivity index (χ0n) is 49.1. The molecule has 0 aliphatic carbocycles. The third kappa shape index (κ3) is 59.7. The van der Waals surface area contributed by atoms with E-state index >= 15 is 0 Å². The maximum absolute atomic E-state index is 12.9. The Morgan fingerprint density at radius 2 is 0.581 bits per heavy atom. The largest absolute Gasteiger partial charge is 0.462 e. The molecule has 0 heterocycles. The summed E-state index contributed by atoms with van der Waals surface area (Å²) >= 11 is 0. The molecule has 0 aromatic carbocycles. The van der Waals surface area contributed by atoms with Crippen LogP contribution in [0.1, 0.15) is 323 Å². The van der Waals surface area contributed by atoms with Gasteiger partial charge in [-0.15, -0.1) is 0 Å². The van der Waals surface area contributed by atoms with Crippen LogP contribution in [0.5, 0.6) is 0 Å². The highest BCUT2D eigenvalue weighted by atomic mass is 16.6. The highest BCUT2D eigenvalue weighted by molar-refractivity contribution is 5.72. The molecule has 6 nitrogen and oxygen atoms in total. The molecular weight excluding hydrogens is 913 g/mol. The van der Waals surface area contributed by atoms with Crippen molar-refractivity contribution in [3.8, 4) is 0 Å². The third-order valence-electron chi connectivity index (χ3n) is 14.0. The van der Waals surface area contributed by atoms with E-state index in [4.69, 9.17) is 14.2 Å². The van der Waals surface area contributed by atoms with Gasteiger partial charge in [0.1, 0.15) is 13.2 Å². The number of hydrogen-bond acceptors (Lipinski definition) is 6. The molecule has 1 unspecified atom stereocenters. The number of allylic oxidation sites excluding steroid dienone is 11. The third-order valence-corrected chi connectivity index (χ3v) is 14.0. The fourth-order valence-corrected chi connectivity index (χ4v) is 9.22. The summed E-state index contributed by atoms with van der Waals surface area (Å²) in [5.41, 5.74) is 0. The van der Waals surface area contributed by atoms with Gasteiger partial charge in [-0.05, 0) is 70.6 Å². The first-order chi connectivity index (χ1) is 36.5. The van der Waals surface area contributed by atoms with E-state index in [1.54, 1.807) is 6.08 Å². The number of carbonyl (C=O) groups excluding carboxylic acids is 3. The van der Waals surface area contributed by atoms with Crippen molar-refractivity contribution in [2.45, 2.75) is 329 Å². The summed E-state index contributed by atoms with van der Waals surface area (Å²) in [6.07, 6.45) is 80.9. The van der Waals surface area contributed by atoms with Gasteiger partial charge in [0.2, 0.25) is 0 Å². The van der Waals surface area contributed by atoms with Gasteiger partial charge in [0.15, 0.2) is 6.10 Å². The van der Waals surface area contributed by atoms with Crippen molar-refractivity contribution in [3.05, 3.63) is 72.9 Å². The van der Waals surface area contributed by atoms with Gasteiger partial charge < -0.3 is 14.2 Å². The van der Waals surface area contributed by atoms with Gasteiger partial charge in [0, 0.05) is 12.8 Å². The Kier molecular flexibility index (Phi) is 59.7. The van der Waals surface area contributed by atoms with Gasteiger partial charge in [-0.2, -0.15) is 0 Å². The van der Waals surface area contributed by atoms with E-state index in [0.29, 0.717) is 12.8 Å². The molecule has 0 aliphatic rings. The average Bonchev–Trinajstić information content (AvgIpc) is 3.40. The maximum Gasteiger partial charge on any atom is 0.309 e. The molecule has 428 valence electrons. The maximum atomic E-state index is 12.9. The number of esters is 3. The standard InChI is InChI=1S/C68H120O6/c1-4-7-10-13-16-19-22-25-28-30-31-32-33-34-35-36-37-38-41-43-46-49-52-55-58-61-67(70)73-64-65(63-72-66(69)60-57-54-51-48-45-42-39-27-24-21-18-15-12-9-6-3)74-68(71)62-59-56-53-50-47-44-40-29-26-23-20-17-14-11-8-5-2/h9,12,18,21,27,30-31,39,45,48,54,57,65H,4-8,10-11,13-17,19-20,22-26,28-29,32-38,40-44,46-47,49-53,55-56,58-64H2,1-3H3/b12-9-,21-18-,31-30-,39-27-,48-45-,57-54-. The smallest absolute Gasteiger partial charge is 0.309 e. The van der Waals surface area contributed by atoms with E-state index in [-0.39, 0.29) is 31.6 Å². The first-order valence-corrected chi connectivity index (χ1v) is 31.9. The summed E-state index contributed by atoms with van der Waals surface area (Å²) in [7, 11) is 0. The number of carbonyl (C=O) groups is 3. The summed E-state index contributed by atoms with van der Waals surface area (Å²) in [6.45, 7) is 6.48. The van der Waals surface area contributed by atoms with E-state index in [2.05, 4.69) is 81.5 Å². The van der Waals surface area contributed by atoms with Crippen LogP contribution in [0.25, 0.3) is 0 Å². The van der Waals surface area contributed by atoms with Gasteiger partial charge >= 0.3 is 17.9 Å². The van der Waals surface area contributed by atoms with Crippen LogP contribution in [0.2, 0.25) is 0 Å². The molecule has 0 bridgehead atoms. The van der Waals surface area contributed by atoms with Gasteiger partial charge in [0.05, 0.1) is 6.42 Å². The molecule has 0 aliphatic heterocycles. The van der Waals surface area contributed by atoms with Crippen molar-refractivity contribution in [1.82, 2.24) is 0 Å². The van der Waals surface area contributed by atoms with Crippen LogP contribution in [-0.4, -0.2) is 37.2 Å². The van der Waals surface area contributed by atoms with Crippen molar-refractivity contribution in [3.63, 3.8) is 0 Å². The van der Waals surface area contributed by atoms with E-state index in [1.165, 1.54) is 212 Å². The van der Waals surface area contributed by atoms with Crippen LogP contribution >= 0.6 is 0 Å². The average molecular weight is 1030 g/mol. The Morgan fingerprint density at radius 3 is 0.932 bits per heavy atom. The lowest BCUT2D eigenvalue weighted by Gasteiger charge is -2.18. The predicted molar refractivity (Wildman–Crippen MR) is 321 cm³/mol. The molecule has 6 heteroatoms. The molecule has 0 saturated carbocycles. The zero-order chi connectivity index (χ0) is 53.6. The summed E-state index contributed by atoms with van der Waals surface area (Å²) in [6, 6.07) is 0. The topological polar surface area (TPSA) is 78.9 Å². The SMILES string of the molecule is CC/C=C\C/C=C\C/C=C\C/C=C\C/C=C\CC(=O)OCC(COC(=O)CCCCCCCCCCCCCCC/C=C\CCCCCCCCCC)OC(=O)CCCCCCCCCCCCCCCCCC. The first-order valence-electron chi connectivity index (χ1n) is 31.9. The second-order valence-electron chi connectivity index (χ2n) is 21.3. The minimum Gasteiger partial charge on any atom is -0.462 e. The molecule has 0 amide bonds. The van der Waals surface area contributed by atoms with Crippen LogP contribution in [0.15, 0.2) is 72.9 Å². The monoisotopic (exact) mass is 1030 g/mol. The van der Waals surface area contributed by atoms with Crippen LogP contribution in [0.3, 0.4) is 0 Å². The van der Waals surface area contributed by atoms with Crippen molar-refractivity contribution >= 4 is 17.9 Å². The number of hydrogen-bond donors (Lipinski definition) is 0. The lowest BCUT2D eigenvalue weighted by Crippen LogP contribution is -2.30. The van der Waals surface area contributed by atoms with E-state index in [0.717, 1.165) is 70.6 Å². The molecule has 0 N–H and O–H groups in total. The lowest BCUT2D eigenvalue weighted by atomic mass is 10.0. The van der Waals surface area contributed by atoms with Crippen molar-refractivity contribution in [2.75, 3.05) is 13.2 Å². The number of ether oxygens (including phenoxy) is 3. The summed E-state index contributed by atoms with van der Waals surface area (Å²) in [5.74, 6) is -1.02. The van der Waals surface area contributed by atoms with Gasteiger partial charge in [-0.25, -0.2) is 0 Å². The van der Waals surface area contributed by atoms with Crippen LogP contribution in [0, 0.1) is 0 Å². The molecular formula is C68H120O6. The Bertz CT molecular complexity index is 1370. The van der Waals surface area contributed by atoms with Crippen LogP contribution in [-0.2, 0) is 28.6 Å². The Labute approximate surface area is 459 Å². The molecule has 0 fully saturated rings. The van der Waals surface area contributed by atoms with E-state index in [9.17, 15) is 14.4 Å². The summed E-state index contributed by atoms with van der Waals surface area (Å²) in [5, 5.41) is 0. The molecule has 0 rings (SSSR count). The quantitative estimate of drug-likeness (QED) is 0.0261. The van der Waals surface area contributed by atoms with Crippen LogP contribution < -0.4 is 0 Å². The highest BCUT2D eigenvalue weighted by Crippen LogP contribution is 2.17. The number of unbranched alkanes of at least 4 members (excludes halogenated alkanes) is 36. The second kappa shape index (κ2) is 62.4. The fourth-order valence-electron chi connectivity index (χ4n) is 9.22. The normalized spacial score (nSPS) is 12.5. The molecule has 1 atom stereocenters. The van der Waals surface area contributed by atoms with Gasteiger partial charge in [0.25, 0.3) is 0 Å². The first kappa shape index (κ1) is 70.8. The second-order valence-corrected chi connectivity index (χ2v) is 21.3. The van der Waals surface area contributed by atoms with Crippen molar-refractivity contribution in [1.29, 1.82) is 0 Å². The van der Waals surface area contributed by atoms with Crippen molar-refractivity contribution in [2.24, 2.45) is 0 Å². The van der Waals surface area contributed by atoms with E-state index < -0.39 is 12.1 Å². The molecule has 74 heavy (non-hydrogen) atoms. The highest BCUT2D eigenvalue weighted by Gasteiger charge is 2.19. The minimum atomic E-state index is -0.814. The molecule has 0 saturated heterocycles. The lowest BCUT2D eigenvalue weighted by molar-refractivity contribution is -0.166. The summed E-state index contributed by atoms with van der Waals surface area (Å²) < 4.78 is 16.8. The molecule has 0 radical (unpaired) electrons. The molecule has 0 spiro atoms. The Hall–Kier alpha value is -3.15. The van der Waals surface area contributed by atoms with Gasteiger partial charge in [-0.3, -0.25) is 14.4 Å². The molecule has 0 aromatic rings. The number of rotatable bonds is 58. The Morgan fingerprint density at radius 1 is 0.297 bits per heavy atom. The van der Waals surface area contributed by atoms with Gasteiger partial charge in [-0.1, -0.05) is 306 Å².